The quantitative estimate of drug-likeness (QED) is 0.744. The molecule has 3 rings (SSSR count). The van der Waals surface area contributed by atoms with E-state index in [-0.39, 0.29) is 4.84 Å². The molecule has 2 aromatic heterocycles. The first-order chi connectivity index (χ1) is 9.70. The molecule has 0 saturated heterocycles. The second-order valence-electron chi connectivity index (χ2n) is 4.14. The van der Waals surface area contributed by atoms with Gasteiger partial charge in [0.25, 0.3) is 10.7 Å². The molecule has 102 valence electrons. The van der Waals surface area contributed by atoms with Crippen molar-refractivity contribution < 1.29 is 9.15 Å². The fourth-order valence-electron chi connectivity index (χ4n) is 1.59. The number of nitrogens with zero attached hydrogens (tertiary/aromatic N) is 2. The fourth-order valence-corrected chi connectivity index (χ4v) is 2.47. The van der Waals surface area contributed by atoms with Crippen molar-refractivity contribution in [1.29, 1.82) is 0 Å². The second-order valence-corrected chi connectivity index (χ2v) is 5.62. The SMILES string of the molecule is Cc1ccc(OCc2ncc(-c3n[nH]c(=S)o3)s2)cc1. The molecule has 2 heterocycles. The minimum Gasteiger partial charge on any atom is -0.486 e. The molecule has 0 aliphatic heterocycles. The van der Waals surface area contributed by atoms with Gasteiger partial charge in [0.15, 0.2) is 0 Å². The first-order valence-electron chi connectivity index (χ1n) is 5.91. The lowest BCUT2D eigenvalue weighted by Crippen LogP contribution is -1.93. The highest BCUT2D eigenvalue weighted by atomic mass is 32.1. The molecule has 0 radical (unpaired) electrons. The van der Waals surface area contributed by atoms with Crippen LogP contribution in [0.15, 0.2) is 34.9 Å². The third-order valence-corrected chi connectivity index (χ3v) is 3.72. The molecule has 0 amide bonds. The van der Waals surface area contributed by atoms with E-state index in [9.17, 15) is 0 Å². The van der Waals surface area contributed by atoms with Crippen LogP contribution in [0.4, 0.5) is 0 Å². The van der Waals surface area contributed by atoms with Gasteiger partial charge in [0.1, 0.15) is 22.2 Å². The van der Waals surface area contributed by atoms with Crippen molar-refractivity contribution in [2.24, 2.45) is 0 Å². The van der Waals surface area contributed by atoms with Crippen LogP contribution in [0.1, 0.15) is 10.6 Å². The summed E-state index contributed by atoms with van der Waals surface area (Å²) in [4.78, 5) is 5.35. The zero-order chi connectivity index (χ0) is 13.9. The summed E-state index contributed by atoms with van der Waals surface area (Å²) in [7, 11) is 0. The Hall–Kier alpha value is -1.99. The van der Waals surface area contributed by atoms with Gasteiger partial charge >= 0.3 is 0 Å². The molecule has 5 nitrogen and oxygen atoms in total. The highest BCUT2D eigenvalue weighted by molar-refractivity contribution is 7.71. The number of aromatic nitrogens is 3. The molecule has 0 spiro atoms. The van der Waals surface area contributed by atoms with E-state index in [1.807, 2.05) is 31.2 Å². The number of aryl methyl sites for hydroxylation is 1. The van der Waals surface area contributed by atoms with E-state index in [4.69, 9.17) is 21.4 Å². The van der Waals surface area contributed by atoms with Gasteiger partial charge in [-0.25, -0.2) is 10.1 Å². The van der Waals surface area contributed by atoms with Crippen molar-refractivity contribution in [2.75, 3.05) is 0 Å². The smallest absolute Gasteiger partial charge is 0.284 e. The number of H-pyrrole nitrogens is 1. The molecule has 0 aliphatic rings. The second kappa shape index (κ2) is 5.56. The third kappa shape index (κ3) is 2.94. The fraction of sp³-hybridized carbons (Fsp3) is 0.154. The zero-order valence-electron chi connectivity index (χ0n) is 10.6. The molecule has 0 atom stereocenters. The van der Waals surface area contributed by atoms with Gasteiger partial charge in [0.2, 0.25) is 0 Å². The Labute approximate surface area is 124 Å². The minimum absolute atomic E-state index is 0.255. The van der Waals surface area contributed by atoms with E-state index in [0.717, 1.165) is 15.6 Å². The molecular weight excluding hydrogens is 294 g/mol. The normalized spacial score (nSPS) is 10.7. The maximum Gasteiger partial charge on any atom is 0.284 e. The topological polar surface area (TPSA) is 63.9 Å². The van der Waals surface area contributed by atoms with Gasteiger partial charge in [-0.2, -0.15) is 0 Å². The van der Waals surface area contributed by atoms with Crippen molar-refractivity contribution in [2.45, 2.75) is 13.5 Å². The van der Waals surface area contributed by atoms with Gasteiger partial charge in [-0.15, -0.1) is 16.4 Å². The van der Waals surface area contributed by atoms with E-state index in [1.165, 1.54) is 16.9 Å². The molecule has 0 aliphatic carbocycles. The van der Waals surface area contributed by atoms with Crippen LogP contribution in [0.2, 0.25) is 0 Å². The molecule has 1 N–H and O–H groups in total. The molecule has 3 aromatic rings. The lowest BCUT2D eigenvalue weighted by atomic mass is 10.2. The van der Waals surface area contributed by atoms with Gasteiger partial charge in [0.05, 0.1) is 6.20 Å². The van der Waals surface area contributed by atoms with Crippen LogP contribution >= 0.6 is 23.6 Å². The van der Waals surface area contributed by atoms with Crippen LogP contribution in [0.3, 0.4) is 0 Å². The lowest BCUT2D eigenvalue weighted by molar-refractivity contribution is 0.305. The summed E-state index contributed by atoms with van der Waals surface area (Å²) in [6.07, 6.45) is 1.70. The highest BCUT2D eigenvalue weighted by Gasteiger charge is 2.09. The number of rotatable bonds is 4. The zero-order valence-corrected chi connectivity index (χ0v) is 12.3. The van der Waals surface area contributed by atoms with Crippen LogP contribution in [-0.2, 0) is 6.61 Å². The predicted octanol–water partition coefficient (Wildman–Crippen LogP) is 3.74. The van der Waals surface area contributed by atoms with E-state index in [0.29, 0.717) is 12.5 Å². The number of hydrogen-bond donors (Lipinski definition) is 1. The van der Waals surface area contributed by atoms with Crippen molar-refractivity contribution >= 4 is 23.6 Å². The molecular formula is C13H11N3O2S2. The Bertz CT molecular complexity index is 758. The van der Waals surface area contributed by atoms with Gasteiger partial charge in [0, 0.05) is 0 Å². The van der Waals surface area contributed by atoms with Crippen LogP contribution in [0.25, 0.3) is 10.8 Å². The molecule has 0 bridgehead atoms. The van der Waals surface area contributed by atoms with Crippen LogP contribution in [-0.4, -0.2) is 15.2 Å². The Balaban J connectivity index is 1.68. The van der Waals surface area contributed by atoms with E-state index >= 15 is 0 Å². The molecule has 1 aromatic carbocycles. The Kier molecular flexibility index (Phi) is 3.62. The average molecular weight is 305 g/mol. The number of thiazole rings is 1. The van der Waals surface area contributed by atoms with Gasteiger partial charge < -0.3 is 9.15 Å². The maximum absolute atomic E-state index is 5.67. The summed E-state index contributed by atoms with van der Waals surface area (Å²) in [5.41, 5.74) is 1.20. The summed E-state index contributed by atoms with van der Waals surface area (Å²) in [6, 6.07) is 7.90. The Morgan fingerprint density at radius 3 is 2.85 bits per heavy atom. The van der Waals surface area contributed by atoms with Crippen LogP contribution < -0.4 is 4.74 Å². The summed E-state index contributed by atoms with van der Waals surface area (Å²) in [5.74, 6) is 1.28. The first kappa shape index (κ1) is 13.0. The van der Waals surface area contributed by atoms with Gasteiger partial charge in [-0.1, -0.05) is 17.7 Å². The van der Waals surface area contributed by atoms with Crippen molar-refractivity contribution in [1.82, 2.24) is 15.2 Å². The van der Waals surface area contributed by atoms with Crippen molar-refractivity contribution in [3.63, 3.8) is 0 Å². The first-order valence-corrected chi connectivity index (χ1v) is 7.13. The minimum atomic E-state index is 0.255. The van der Waals surface area contributed by atoms with Gasteiger partial charge in [-0.05, 0) is 31.3 Å². The van der Waals surface area contributed by atoms with Crippen molar-refractivity contribution in [3.8, 4) is 16.5 Å². The predicted molar refractivity (Wildman–Crippen MR) is 78.3 cm³/mol. The molecule has 0 fully saturated rings. The maximum atomic E-state index is 5.67. The summed E-state index contributed by atoms with van der Waals surface area (Å²) in [6.45, 7) is 2.45. The molecule has 0 saturated carbocycles. The number of hydrogen-bond acceptors (Lipinski definition) is 6. The summed E-state index contributed by atoms with van der Waals surface area (Å²) < 4.78 is 10.9. The Morgan fingerprint density at radius 1 is 1.35 bits per heavy atom. The number of benzene rings is 1. The number of aromatic amines is 1. The Morgan fingerprint density at radius 2 is 2.15 bits per heavy atom. The summed E-state index contributed by atoms with van der Waals surface area (Å²) >= 11 is 6.30. The molecule has 0 unspecified atom stereocenters. The molecule has 7 heteroatoms. The number of ether oxygens (including phenoxy) is 1. The van der Waals surface area contributed by atoms with Gasteiger partial charge in [-0.3, -0.25) is 0 Å². The standard InChI is InChI=1S/C13H11N3O2S2/c1-8-2-4-9(5-3-8)17-7-11-14-6-10(20-11)12-15-16-13(19)18-12/h2-6H,7H2,1H3,(H,16,19). The lowest BCUT2D eigenvalue weighted by Gasteiger charge is -2.03. The largest absolute Gasteiger partial charge is 0.486 e. The number of nitrogens with one attached hydrogen (secondary N) is 1. The molecule has 20 heavy (non-hydrogen) atoms. The summed E-state index contributed by atoms with van der Waals surface area (Å²) in [5, 5.41) is 7.40. The van der Waals surface area contributed by atoms with Crippen molar-refractivity contribution in [3.05, 3.63) is 45.9 Å². The van der Waals surface area contributed by atoms with E-state index < -0.39 is 0 Å². The van der Waals surface area contributed by atoms with Crippen LogP contribution in [0.5, 0.6) is 5.75 Å². The van der Waals surface area contributed by atoms with Crippen LogP contribution in [0, 0.1) is 11.8 Å². The van der Waals surface area contributed by atoms with E-state index in [2.05, 4.69) is 15.2 Å². The monoisotopic (exact) mass is 305 g/mol. The van der Waals surface area contributed by atoms with E-state index in [1.54, 1.807) is 6.20 Å². The highest BCUT2D eigenvalue weighted by Crippen LogP contribution is 2.25. The average Bonchev–Trinajstić information content (AvgIpc) is 3.07. The third-order valence-electron chi connectivity index (χ3n) is 2.59.